The van der Waals surface area contributed by atoms with Gasteiger partial charge in [0.1, 0.15) is 11.5 Å². The van der Waals surface area contributed by atoms with Gasteiger partial charge in [0.25, 0.3) is 0 Å². The summed E-state index contributed by atoms with van der Waals surface area (Å²) in [6.45, 7) is 0.971. The van der Waals surface area contributed by atoms with Crippen LogP contribution in [0.5, 0.6) is 0 Å². The molecule has 4 N–H and O–H groups in total. The van der Waals surface area contributed by atoms with E-state index in [1.165, 1.54) is 0 Å². The van der Waals surface area contributed by atoms with E-state index in [-0.39, 0.29) is 0 Å². The van der Waals surface area contributed by atoms with Crippen LogP contribution in [0.3, 0.4) is 0 Å². The van der Waals surface area contributed by atoms with E-state index >= 15 is 0 Å². The molecule has 6 heteroatoms. The fourth-order valence-corrected chi connectivity index (χ4v) is 1.43. The summed E-state index contributed by atoms with van der Waals surface area (Å²) in [7, 11) is 0. The second-order valence-corrected chi connectivity index (χ2v) is 3.29. The van der Waals surface area contributed by atoms with Crippen molar-refractivity contribution < 1.29 is 30.0 Å². The van der Waals surface area contributed by atoms with Gasteiger partial charge >= 0.3 is 5.97 Å². The van der Waals surface area contributed by atoms with E-state index in [0.717, 1.165) is 13.0 Å². The third-order valence-corrected chi connectivity index (χ3v) is 2.21. The summed E-state index contributed by atoms with van der Waals surface area (Å²) in [6, 6.07) is 0. The van der Waals surface area contributed by atoms with Crippen LogP contribution in [0.2, 0.25) is 0 Å². The van der Waals surface area contributed by atoms with Gasteiger partial charge in [0.15, 0.2) is 17.3 Å². The molecule has 1 aliphatic rings. The largest absolute Gasteiger partial charge is 0.511 e. The lowest BCUT2D eigenvalue weighted by Crippen LogP contribution is -2.49. The zero-order valence-corrected chi connectivity index (χ0v) is 7.84. The molecule has 15 heavy (non-hydrogen) atoms. The average molecular weight is 214 g/mol. The summed E-state index contributed by atoms with van der Waals surface area (Å²) in [5.74, 6) is -5.53. The first-order chi connectivity index (χ1) is 6.79. The summed E-state index contributed by atoms with van der Waals surface area (Å²) in [5.41, 5.74) is -2.41. The molecule has 0 amide bonds. The zero-order chi connectivity index (χ0) is 11.8. The molecule has 82 valence electrons. The molecule has 0 saturated carbocycles. The predicted octanol–water partition coefficient (Wildman–Crippen LogP) is -0.0953. The van der Waals surface area contributed by atoms with Crippen LogP contribution in [0.1, 0.15) is 6.92 Å². The maximum absolute atomic E-state index is 11.1. The average Bonchev–Trinajstić information content (AvgIpc) is 2.00. The van der Waals surface area contributed by atoms with Crippen LogP contribution in [-0.4, -0.2) is 37.8 Å². The van der Waals surface area contributed by atoms with Gasteiger partial charge in [-0.1, -0.05) is 0 Å². The lowest BCUT2D eigenvalue weighted by atomic mass is 9.79. The Morgan fingerprint density at radius 1 is 1.40 bits per heavy atom. The van der Waals surface area contributed by atoms with Gasteiger partial charge in [0, 0.05) is 6.08 Å². The number of aliphatic carboxylic acids is 1. The maximum Gasteiger partial charge on any atom is 0.318 e. The van der Waals surface area contributed by atoms with Crippen LogP contribution >= 0.6 is 0 Å². The number of ketones is 1. The van der Waals surface area contributed by atoms with E-state index in [4.69, 9.17) is 10.2 Å². The molecule has 0 saturated heterocycles. The summed E-state index contributed by atoms with van der Waals surface area (Å²) in [6.07, 6.45) is 1.48. The van der Waals surface area contributed by atoms with Crippen LogP contribution in [-0.2, 0) is 9.59 Å². The van der Waals surface area contributed by atoms with Gasteiger partial charge < -0.3 is 20.4 Å². The number of Topliss-reactive ketones (excluding diaryl/α,β-unsaturated/α-hetero) is 1. The lowest BCUT2D eigenvalue weighted by Gasteiger charge is -2.30. The Kier molecular flexibility index (Phi) is 2.55. The van der Waals surface area contributed by atoms with Crippen molar-refractivity contribution in [3.8, 4) is 0 Å². The number of aliphatic hydroxyl groups is 3. The van der Waals surface area contributed by atoms with E-state index in [1.807, 2.05) is 0 Å². The zero-order valence-electron chi connectivity index (χ0n) is 7.84. The Morgan fingerprint density at radius 3 is 2.33 bits per heavy atom. The normalized spacial score (nSPS) is 30.4. The van der Waals surface area contributed by atoms with Crippen molar-refractivity contribution in [3.63, 3.8) is 0 Å². The Bertz CT molecular complexity index is 380. The summed E-state index contributed by atoms with van der Waals surface area (Å²) in [5, 5.41) is 36.9. The Morgan fingerprint density at radius 2 is 1.93 bits per heavy atom. The van der Waals surface area contributed by atoms with Crippen LogP contribution in [0, 0.1) is 5.92 Å². The molecule has 0 aromatic heterocycles. The molecular formula is C9H10O6. The van der Waals surface area contributed by atoms with E-state index in [9.17, 15) is 19.8 Å². The number of allylic oxidation sites excluding steroid dienone is 1. The SMILES string of the molecule is CC(=O)C1(O)C=C(O)C=C(O)C1C(=O)O. The first-order valence-electron chi connectivity index (χ1n) is 4.07. The van der Waals surface area contributed by atoms with Crippen molar-refractivity contribution >= 4 is 11.8 Å². The number of rotatable bonds is 2. The first kappa shape index (κ1) is 11.3. The van der Waals surface area contributed by atoms with E-state index in [2.05, 4.69) is 0 Å². The van der Waals surface area contributed by atoms with Crippen molar-refractivity contribution in [2.75, 3.05) is 0 Å². The summed E-state index contributed by atoms with van der Waals surface area (Å²) < 4.78 is 0. The molecule has 2 atom stereocenters. The number of carboxylic acids is 1. The fourth-order valence-electron chi connectivity index (χ4n) is 1.43. The van der Waals surface area contributed by atoms with Gasteiger partial charge in [-0.2, -0.15) is 0 Å². The lowest BCUT2D eigenvalue weighted by molar-refractivity contribution is -0.155. The van der Waals surface area contributed by atoms with Gasteiger partial charge in [-0.15, -0.1) is 0 Å². The molecule has 6 nitrogen and oxygen atoms in total. The highest BCUT2D eigenvalue weighted by Crippen LogP contribution is 2.31. The minimum absolute atomic E-state index is 0.553. The number of hydrogen-bond donors (Lipinski definition) is 4. The van der Waals surface area contributed by atoms with Crippen molar-refractivity contribution in [2.45, 2.75) is 12.5 Å². The van der Waals surface area contributed by atoms with E-state index in [0.29, 0.717) is 6.08 Å². The second-order valence-electron chi connectivity index (χ2n) is 3.29. The van der Waals surface area contributed by atoms with E-state index < -0.39 is 34.8 Å². The Hall–Kier alpha value is -1.82. The predicted molar refractivity (Wildman–Crippen MR) is 48.2 cm³/mol. The fraction of sp³-hybridized carbons (Fsp3) is 0.333. The Balaban J connectivity index is 3.31. The summed E-state index contributed by atoms with van der Waals surface area (Å²) in [4.78, 5) is 21.9. The molecule has 0 spiro atoms. The van der Waals surface area contributed by atoms with Crippen molar-refractivity contribution in [1.29, 1.82) is 0 Å². The quantitative estimate of drug-likeness (QED) is 0.510. The minimum Gasteiger partial charge on any atom is -0.511 e. The monoisotopic (exact) mass is 214 g/mol. The molecule has 0 aromatic carbocycles. The molecule has 1 rings (SSSR count). The molecule has 0 aliphatic heterocycles. The van der Waals surface area contributed by atoms with Crippen LogP contribution in [0.25, 0.3) is 0 Å². The molecule has 0 heterocycles. The highest BCUT2D eigenvalue weighted by atomic mass is 16.4. The number of aliphatic hydroxyl groups excluding tert-OH is 2. The third kappa shape index (κ3) is 1.71. The maximum atomic E-state index is 11.1. The molecule has 2 unspecified atom stereocenters. The molecule has 0 fully saturated rings. The molecular weight excluding hydrogens is 204 g/mol. The number of carboxylic acid groups (broad SMARTS) is 1. The Labute approximate surface area is 84.8 Å². The van der Waals surface area contributed by atoms with Gasteiger partial charge in [-0.3, -0.25) is 9.59 Å². The molecule has 0 radical (unpaired) electrons. The van der Waals surface area contributed by atoms with Crippen molar-refractivity contribution in [3.05, 3.63) is 23.7 Å². The van der Waals surface area contributed by atoms with Gasteiger partial charge in [-0.25, -0.2) is 0 Å². The first-order valence-corrected chi connectivity index (χ1v) is 4.07. The van der Waals surface area contributed by atoms with Crippen LogP contribution < -0.4 is 0 Å². The molecule has 0 aromatic rings. The molecule has 1 aliphatic carbocycles. The highest BCUT2D eigenvalue weighted by Gasteiger charge is 2.49. The van der Waals surface area contributed by atoms with Gasteiger partial charge in [0.2, 0.25) is 0 Å². The van der Waals surface area contributed by atoms with Crippen molar-refractivity contribution in [1.82, 2.24) is 0 Å². The standard InChI is InChI=1S/C9H10O6/c1-4(10)9(15)3-5(11)2-6(12)7(9)8(13)14/h2-3,7,11-12,15H,1H3,(H,13,14). The number of carbonyl (C=O) groups excluding carboxylic acids is 1. The van der Waals surface area contributed by atoms with Gasteiger partial charge in [-0.05, 0) is 13.0 Å². The smallest absolute Gasteiger partial charge is 0.318 e. The van der Waals surface area contributed by atoms with Crippen molar-refractivity contribution in [2.24, 2.45) is 5.92 Å². The van der Waals surface area contributed by atoms with Crippen LogP contribution in [0.15, 0.2) is 23.7 Å². The summed E-state index contributed by atoms with van der Waals surface area (Å²) >= 11 is 0. The number of carbonyl (C=O) groups is 2. The molecule has 0 bridgehead atoms. The number of hydrogen-bond acceptors (Lipinski definition) is 5. The third-order valence-electron chi connectivity index (χ3n) is 2.21. The van der Waals surface area contributed by atoms with Gasteiger partial charge in [0.05, 0.1) is 0 Å². The topological polar surface area (TPSA) is 115 Å². The second kappa shape index (κ2) is 3.39. The minimum atomic E-state index is -2.41. The van der Waals surface area contributed by atoms with Crippen LogP contribution in [0.4, 0.5) is 0 Å². The van der Waals surface area contributed by atoms with E-state index in [1.54, 1.807) is 0 Å². The highest BCUT2D eigenvalue weighted by molar-refractivity contribution is 5.94.